The minimum absolute atomic E-state index is 0.212. The number of rotatable bonds is 8. The summed E-state index contributed by atoms with van der Waals surface area (Å²) < 4.78 is 22.1. The van der Waals surface area contributed by atoms with E-state index in [-0.39, 0.29) is 18.3 Å². The fraction of sp³-hybridized carbons (Fsp3) is 0.242. The summed E-state index contributed by atoms with van der Waals surface area (Å²) in [5.74, 6) is 0.208. The minimum Gasteiger partial charge on any atom is -0.496 e. The molecule has 1 atom stereocenters. The van der Waals surface area contributed by atoms with E-state index in [9.17, 15) is 14.3 Å². The van der Waals surface area contributed by atoms with Crippen LogP contribution in [0.4, 0.5) is 4.39 Å². The number of aliphatic hydroxyl groups excluding tert-OH is 1. The average Bonchev–Trinajstić information content (AvgIpc) is 3.58. The predicted molar refractivity (Wildman–Crippen MR) is 155 cm³/mol. The molecule has 0 saturated carbocycles. The summed E-state index contributed by atoms with van der Waals surface area (Å²) in [4.78, 5) is 17.1. The molecule has 6 rings (SSSR count). The molecule has 2 aromatic heterocycles. The molecule has 1 amide bonds. The van der Waals surface area contributed by atoms with Crippen LogP contribution in [0.15, 0.2) is 72.9 Å². The smallest absolute Gasteiger partial charge is 0.253 e. The van der Waals surface area contributed by atoms with Gasteiger partial charge in [-0.05, 0) is 72.4 Å². The van der Waals surface area contributed by atoms with Gasteiger partial charge in [0.25, 0.3) is 5.91 Å². The van der Waals surface area contributed by atoms with Crippen LogP contribution in [-0.2, 0) is 25.8 Å². The second-order valence-electron chi connectivity index (χ2n) is 10.3. The molecular weight excluding hydrogens is 505 g/mol. The first-order valence-corrected chi connectivity index (χ1v) is 13.7. The van der Waals surface area contributed by atoms with Crippen molar-refractivity contribution in [1.29, 1.82) is 0 Å². The Hall–Kier alpha value is -4.36. The number of hydrogen-bond acceptors (Lipinski definition) is 3. The number of nitrogens with zero attached hydrogens (tertiary/aromatic N) is 1. The molecule has 0 aliphatic carbocycles. The van der Waals surface area contributed by atoms with Crippen molar-refractivity contribution in [1.82, 2.24) is 14.9 Å². The van der Waals surface area contributed by atoms with Gasteiger partial charge in [0.1, 0.15) is 11.6 Å². The molecule has 40 heavy (non-hydrogen) atoms. The van der Waals surface area contributed by atoms with E-state index in [4.69, 9.17) is 4.74 Å². The van der Waals surface area contributed by atoms with Gasteiger partial charge in [0.15, 0.2) is 0 Å². The molecule has 1 aliphatic rings. The fourth-order valence-electron chi connectivity index (χ4n) is 5.93. The molecule has 3 N–H and O–H groups in total. The summed E-state index contributed by atoms with van der Waals surface area (Å²) in [7, 11) is 1.69. The topological polar surface area (TPSA) is 79.3 Å². The predicted octanol–water partition coefficient (Wildman–Crippen LogP) is 5.90. The SMILES string of the molecule is CCc1cc2c(cc1OC)CCn1c-2cc(C(=O)NC(CO)Cc2c[nH]c3ccccc23)c1-c1cccc(F)c1. The first kappa shape index (κ1) is 25.9. The quantitative estimate of drug-likeness (QED) is 0.231. The third-order valence-electron chi connectivity index (χ3n) is 7.90. The van der Waals surface area contributed by atoms with E-state index in [1.165, 1.54) is 12.1 Å². The lowest BCUT2D eigenvalue weighted by molar-refractivity contribution is 0.0917. The molecule has 204 valence electrons. The molecule has 1 unspecified atom stereocenters. The second kappa shape index (κ2) is 10.7. The Morgan fingerprint density at radius 2 is 1.98 bits per heavy atom. The lowest BCUT2D eigenvalue weighted by atomic mass is 9.94. The molecule has 5 aromatic rings. The molecule has 0 saturated heterocycles. The summed E-state index contributed by atoms with van der Waals surface area (Å²) in [6.45, 7) is 2.53. The maximum absolute atomic E-state index is 14.4. The van der Waals surface area contributed by atoms with Crippen LogP contribution in [0.3, 0.4) is 0 Å². The maximum atomic E-state index is 14.4. The van der Waals surface area contributed by atoms with Crippen LogP contribution in [0.2, 0.25) is 0 Å². The average molecular weight is 538 g/mol. The highest BCUT2D eigenvalue weighted by Gasteiger charge is 2.28. The zero-order valence-corrected chi connectivity index (χ0v) is 22.6. The van der Waals surface area contributed by atoms with Crippen LogP contribution >= 0.6 is 0 Å². The van der Waals surface area contributed by atoms with E-state index in [1.807, 2.05) is 42.6 Å². The number of aromatic nitrogens is 2. The Labute approximate surface area is 232 Å². The Kier molecular flexibility index (Phi) is 6.90. The molecule has 3 aromatic carbocycles. The molecule has 0 spiro atoms. The first-order chi connectivity index (χ1) is 19.5. The summed E-state index contributed by atoms with van der Waals surface area (Å²) in [6, 6.07) is 20.0. The summed E-state index contributed by atoms with van der Waals surface area (Å²) >= 11 is 0. The van der Waals surface area contributed by atoms with Crippen LogP contribution in [0, 0.1) is 5.82 Å². The van der Waals surface area contributed by atoms with E-state index in [2.05, 4.69) is 33.9 Å². The van der Waals surface area contributed by atoms with Gasteiger partial charge in [-0.15, -0.1) is 0 Å². The summed E-state index contributed by atoms with van der Waals surface area (Å²) in [5, 5.41) is 14.3. The number of benzene rings is 3. The largest absolute Gasteiger partial charge is 0.496 e. The number of nitrogens with one attached hydrogen (secondary N) is 2. The van der Waals surface area contributed by atoms with Crippen molar-refractivity contribution in [2.75, 3.05) is 13.7 Å². The molecule has 7 heteroatoms. The van der Waals surface area contributed by atoms with Crippen LogP contribution in [0.1, 0.15) is 34.0 Å². The third kappa shape index (κ3) is 4.56. The van der Waals surface area contributed by atoms with E-state index in [1.54, 1.807) is 13.2 Å². The number of halogens is 1. The van der Waals surface area contributed by atoms with Crippen LogP contribution in [-0.4, -0.2) is 40.3 Å². The van der Waals surface area contributed by atoms with Crippen molar-refractivity contribution in [2.24, 2.45) is 0 Å². The lowest BCUT2D eigenvalue weighted by Crippen LogP contribution is -2.39. The fourth-order valence-corrected chi connectivity index (χ4v) is 5.93. The molecule has 0 radical (unpaired) electrons. The van der Waals surface area contributed by atoms with Crippen LogP contribution in [0.25, 0.3) is 33.4 Å². The van der Waals surface area contributed by atoms with E-state index < -0.39 is 6.04 Å². The van der Waals surface area contributed by atoms with Gasteiger partial charge < -0.3 is 24.7 Å². The Morgan fingerprint density at radius 3 is 2.75 bits per heavy atom. The standard InChI is InChI=1S/C33H32FN3O3/c1-3-20-15-27-21(16-31(20)40-2)11-12-37-30(27)17-28(32(37)22-7-6-8-24(34)13-22)33(39)36-25(19-38)14-23-18-35-29-10-5-4-9-26(23)29/h4-10,13,15-18,25,35,38H,3,11-12,14,19H2,1-2H3,(H,36,39). The monoisotopic (exact) mass is 537 g/mol. The Bertz CT molecular complexity index is 1720. The number of aliphatic hydroxyl groups is 1. The van der Waals surface area contributed by atoms with Crippen molar-refractivity contribution >= 4 is 16.8 Å². The number of aryl methyl sites for hydroxylation is 2. The molecule has 0 bridgehead atoms. The third-order valence-corrected chi connectivity index (χ3v) is 7.90. The van der Waals surface area contributed by atoms with Gasteiger partial charge in [0.05, 0.1) is 31.0 Å². The Balaban J connectivity index is 1.41. The highest BCUT2D eigenvalue weighted by Crippen LogP contribution is 2.40. The number of carbonyl (C=O) groups excluding carboxylic acids is 1. The highest BCUT2D eigenvalue weighted by molar-refractivity contribution is 6.02. The van der Waals surface area contributed by atoms with Crippen molar-refractivity contribution in [3.8, 4) is 28.3 Å². The zero-order chi connectivity index (χ0) is 27.8. The van der Waals surface area contributed by atoms with Crippen LogP contribution in [0.5, 0.6) is 5.75 Å². The van der Waals surface area contributed by atoms with Crippen molar-refractivity contribution < 1.29 is 19.0 Å². The van der Waals surface area contributed by atoms with Gasteiger partial charge in [0, 0.05) is 40.5 Å². The summed E-state index contributed by atoms with van der Waals surface area (Å²) in [5.41, 5.74) is 8.02. The summed E-state index contributed by atoms with van der Waals surface area (Å²) in [6.07, 6.45) is 3.97. The number of amides is 1. The number of carbonyl (C=O) groups is 1. The molecular formula is C33H32FN3O3. The maximum Gasteiger partial charge on any atom is 0.253 e. The number of aromatic amines is 1. The molecule has 6 nitrogen and oxygen atoms in total. The second-order valence-corrected chi connectivity index (χ2v) is 10.3. The van der Waals surface area contributed by atoms with Gasteiger partial charge in [-0.1, -0.05) is 37.3 Å². The van der Waals surface area contributed by atoms with E-state index in [0.29, 0.717) is 29.8 Å². The minimum atomic E-state index is -0.493. The van der Waals surface area contributed by atoms with E-state index in [0.717, 1.165) is 57.4 Å². The zero-order valence-electron chi connectivity index (χ0n) is 22.6. The van der Waals surface area contributed by atoms with Crippen molar-refractivity contribution in [2.45, 2.75) is 38.8 Å². The normalized spacial score (nSPS) is 13.1. The molecule has 0 fully saturated rings. The number of hydrogen-bond donors (Lipinski definition) is 3. The molecule has 3 heterocycles. The number of para-hydroxylation sites is 1. The van der Waals surface area contributed by atoms with Gasteiger partial charge in [-0.3, -0.25) is 4.79 Å². The molecule has 1 aliphatic heterocycles. The first-order valence-electron chi connectivity index (χ1n) is 13.7. The number of fused-ring (bicyclic) bond motifs is 4. The van der Waals surface area contributed by atoms with Gasteiger partial charge >= 0.3 is 0 Å². The van der Waals surface area contributed by atoms with Crippen LogP contribution < -0.4 is 10.1 Å². The van der Waals surface area contributed by atoms with Crippen molar-refractivity contribution in [3.63, 3.8) is 0 Å². The lowest BCUT2D eigenvalue weighted by Gasteiger charge is -2.23. The van der Waals surface area contributed by atoms with E-state index >= 15 is 0 Å². The highest BCUT2D eigenvalue weighted by atomic mass is 19.1. The van der Waals surface area contributed by atoms with Gasteiger partial charge in [-0.25, -0.2) is 4.39 Å². The number of H-pyrrole nitrogens is 1. The Morgan fingerprint density at radius 1 is 1.12 bits per heavy atom. The van der Waals surface area contributed by atoms with Crippen molar-refractivity contribution in [3.05, 3.63) is 101 Å². The number of methoxy groups -OCH3 is 1. The van der Waals surface area contributed by atoms with Gasteiger partial charge in [0.2, 0.25) is 0 Å². The number of ether oxygens (including phenoxy) is 1. The van der Waals surface area contributed by atoms with Gasteiger partial charge in [-0.2, -0.15) is 0 Å².